The first kappa shape index (κ1) is 10.5. The number of hydrogen-bond donors (Lipinski definition) is 2. The molecule has 0 amide bonds. The van der Waals surface area contributed by atoms with Gasteiger partial charge < -0.3 is 0 Å². The van der Waals surface area contributed by atoms with Crippen molar-refractivity contribution in [1.82, 2.24) is 20.4 Å². The standard InChI is InChI=1S/C9H12N4S2/c1-9(2,3)6-4-5(10-11-6)7-12-13-8(14)15-7/h4H,1-3H3,(H,10,11)(H,13,14). The second-order valence-corrected chi connectivity index (χ2v) is 6.00. The minimum Gasteiger partial charge on any atom is -0.281 e. The summed E-state index contributed by atoms with van der Waals surface area (Å²) in [5.74, 6) is 0. The molecular weight excluding hydrogens is 228 g/mol. The molecule has 0 bridgehead atoms. The van der Waals surface area contributed by atoms with Crippen LogP contribution >= 0.6 is 23.6 Å². The molecule has 0 aliphatic rings. The van der Waals surface area contributed by atoms with Crippen LogP contribution in [0, 0.1) is 3.95 Å². The smallest absolute Gasteiger partial charge is 0.176 e. The van der Waals surface area contributed by atoms with E-state index >= 15 is 0 Å². The lowest BCUT2D eigenvalue weighted by Crippen LogP contribution is -2.11. The number of hydrogen-bond acceptors (Lipinski definition) is 4. The molecule has 2 N–H and O–H groups in total. The highest BCUT2D eigenvalue weighted by molar-refractivity contribution is 7.73. The van der Waals surface area contributed by atoms with Gasteiger partial charge in [0.15, 0.2) is 8.96 Å². The summed E-state index contributed by atoms with van der Waals surface area (Å²) in [5, 5.41) is 14.9. The number of rotatable bonds is 1. The Hall–Kier alpha value is -1.01. The molecule has 2 rings (SSSR count). The molecule has 0 radical (unpaired) electrons. The highest BCUT2D eigenvalue weighted by Gasteiger charge is 2.17. The lowest BCUT2D eigenvalue weighted by molar-refractivity contribution is 0.567. The molecule has 2 heterocycles. The van der Waals surface area contributed by atoms with E-state index in [4.69, 9.17) is 12.2 Å². The molecule has 2 aromatic rings. The Labute approximate surface area is 96.8 Å². The maximum atomic E-state index is 4.98. The molecule has 0 spiro atoms. The van der Waals surface area contributed by atoms with Crippen LogP contribution in [0.25, 0.3) is 10.7 Å². The molecule has 2 aromatic heterocycles. The molecule has 0 saturated carbocycles. The molecule has 4 nitrogen and oxygen atoms in total. The van der Waals surface area contributed by atoms with Gasteiger partial charge in [0.1, 0.15) is 5.69 Å². The lowest BCUT2D eigenvalue weighted by Gasteiger charge is -2.14. The zero-order chi connectivity index (χ0) is 11.1. The number of nitrogens with zero attached hydrogens (tertiary/aromatic N) is 2. The predicted molar refractivity (Wildman–Crippen MR) is 63.6 cm³/mol. The SMILES string of the molecule is CC(C)(C)c1cc(-c2n[nH]c(=S)s2)n[nH]1. The summed E-state index contributed by atoms with van der Waals surface area (Å²) < 4.78 is 0.672. The van der Waals surface area contributed by atoms with Gasteiger partial charge in [0.05, 0.1) is 0 Å². The number of nitrogens with one attached hydrogen (secondary N) is 2. The van der Waals surface area contributed by atoms with Crippen LogP contribution in [-0.4, -0.2) is 20.4 Å². The molecule has 80 valence electrons. The van der Waals surface area contributed by atoms with E-state index < -0.39 is 0 Å². The van der Waals surface area contributed by atoms with Gasteiger partial charge in [0, 0.05) is 11.1 Å². The van der Waals surface area contributed by atoms with Crippen LogP contribution in [0.4, 0.5) is 0 Å². The quantitative estimate of drug-likeness (QED) is 0.754. The van der Waals surface area contributed by atoms with E-state index in [1.807, 2.05) is 6.07 Å². The minimum absolute atomic E-state index is 0.0724. The van der Waals surface area contributed by atoms with Crippen LogP contribution in [0.3, 0.4) is 0 Å². The van der Waals surface area contributed by atoms with Crippen molar-refractivity contribution in [3.63, 3.8) is 0 Å². The fourth-order valence-corrected chi connectivity index (χ4v) is 2.00. The van der Waals surface area contributed by atoms with E-state index in [2.05, 4.69) is 41.2 Å². The topological polar surface area (TPSA) is 57.4 Å². The van der Waals surface area contributed by atoms with Crippen molar-refractivity contribution < 1.29 is 0 Å². The van der Waals surface area contributed by atoms with Crippen molar-refractivity contribution in [1.29, 1.82) is 0 Å². The molecule has 6 heteroatoms. The van der Waals surface area contributed by atoms with Crippen molar-refractivity contribution >= 4 is 23.6 Å². The Kier molecular flexibility index (Phi) is 2.47. The Balaban J connectivity index is 2.40. The van der Waals surface area contributed by atoms with Crippen molar-refractivity contribution in [2.75, 3.05) is 0 Å². The first-order valence-corrected chi connectivity index (χ1v) is 5.81. The van der Waals surface area contributed by atoms with Crippen molar-refractivity contribution in [2.24, 2.45) is 0 Å². The molecule has 0 fully saturated rings. The average Bonchev–Trinajstić information content (AvgIpc) is 2.69. The van der Waals surface area contributed by atoms with E-state index in [1.54, 1.807) is 0 Å². The Bertz CT molecular complexity index is 514. The fourth-order valence-electron chi connectivity index (χ4n) is 1.15. The fraction of sp³-hybridized carbons (Fsp3) is 0.444. The second kappa shape index (κ2) is 3.53. The summed E-state index contributed by atoms with van der Waals surface area (Å²) in [6.07, 6.45) is 0. The first-order chi connectivity index (χ1) is 6.97. The van der Waals surface area contributed by atoms with Crippen LogP contribution in [0.15, 0.2) is 6.07 Å². The molecule has 0 aromatic carbocycles. The summed E-state index contributed by atoms with van der Waals surface area (Å²) in [4.78, 5) is 0. The van der Waals surface area contributed by atoms with Crippen LogP contribution in [0.2, 0.25) is 0 Å². The molecule has 15 heavy (non-hydrogen) atoms. The third-order valence-corrected chi connectivity index (χ3v) is 3.15. The van der Waals surface area contributed by atoms with E-state index in [1.165, 1.54) is 11.3 Å². The maximum Gasteiger partial charge on any atom is 0.176 e. The average molecular weight is 240 g/mol. The maximum absolute atomic E-state index is 4.98. The Morgan fingerprint density at radius 1 is 1.27 bits per heavy atom. The van der Waals surface area contributed by atoms with Crippen LogP contribution < -0.4 is 0 Å². The van der Waals surface area contributed by atoms with Crippen molar-refractivity contribution in [2.45, 2.75) is 26.2 Å². The van der Waals surface area contributed by atoms with Gasteiger partial charge in [0.25, 0.3) is 0 Å². The third kappa shape index (κ3) is 2.15. The molecular formula is C9H12N4S2. The zero-order valence-corrected chi connectivity index (χ0v) is 10.4. The Morgan fingerprint density at radius 2 is 2.00 bits per heavy atom. The van der Waals surface area contributed by atoms with Crippen LogP contribution in [-0.2, 0) is 5.41 Å². The molecule has 0 unspecified atom stereocenters. The second-order valence-electron chi connectivity index (χ2n) is 4.34. The van der Waals surface area contributed by atoms with Crippen LogP contribution in [0.5, 0.6) is 0 Å². The molecule has 0 atom stereocenters. The summed E-state index contributed by atoms with van der Waals surface area (Å²) >= 11 is 6.41. The number of aromatic amines is 2. The number of aromatic nitrogens is 4. The van der Waals surface area contributed by atoms with E-state index in [-0.39, 0.29) is 5.41 Å². The van der Waals surface area contributed by atoms with Gasteiger partial charge in [-0.1, -0.05) is 32.1 Å². The first-order valence-electron chi connectivity index (χ1n) is 4.58. The van der Waals surface area contributed by atoms with E-state index in [0.717, 1.165) is 16.4 Å². The highest BCUT2D eigenvalue weighted by Crippen LogP contribution is 2.25. The molecule has 0 aliphatic heterocycles. The monoisotopic (exact) mass is 240 g/mol. The van der Waals surface area contributed by atoms with Gasteiger partial charge in [-0.25, -0.2) is 0 Å². The Morgan fingerprint density at radius 3 is 2.47 bits per heavy atom. The largest absolute Gasteiger partial charge is 0.281 e. The molecule has 0 aliphatic carbocycles. The van der Waals surface area contributed by atoms with E-state index in [0.29, 0.717) is 3.95 Å². The van der Waals surface area contributed by atoms with Gasteiger partial charge in [-0.15, -0.1) is 0 Å². The van der Waals surface area contributed by atoms with Gasteiger partial charge in [-0.3, -0.25) is 10.2 Å². The number of H-pyrrole nitrogens is 2. The summed E-state index contributed by atoms with van der Waals surface area (Å²) in [5.41, 5.74) is 2.01. The lowest BCUT2D eigenvalue weighted by atomic mass is 9.92. The normalized spacial score (nSPS) is 11.9. The van der Waals surface area contributed by atoms with Crippen molar-refractivity contribution in [3.05, 3.63) is 15.7 Å². The van der Waals surface area contributed by atoms with Crippen molar-refractivity contribution in [3.8, 4) is 10.7 Å². The summed E-state index contributed by atoms with van der Waals surface area (Å²) in [6, 6.07) is 2.02. The van der Waals surface area contributed by atoms with Crippen LogP contribution in [0.1, 0.15) is 26.5 Å². The zero-order valence-electron chi connectivity index (χ0n) is 8.79. The molecule has 0 saturated heterocycles. The third-order valence-electron chi connectivity index (χ3n) is 2.04. The summed E-state index contributed by atoms with van der Waals surface area (Å²) in [7, 11) is 0. The van der Waals surface area contributed by atoms with Gasteiger partial charge in [0.2, 0.25) is 0 Å². The highest BCUT2D eigenvalue weighted by atomic mass is 32.1. The van der Waals surface area contributed by atoms with Gasteiger partial charge >= 0.3 is 0 Å². The van der Waals surface area contributed by atoms with Gasteiger partial charge in [-0.2, -0.15) is 10.2 Å². The summed E-state index contributed by atoms with van der Waals surface area (Å²) in [6.45, 7) is 6.41. The van der Waals surface area contributed by atoms with Gasteiger partial charge in [-0.05, 0) is 18.3 Å². The van der Waals surface area contributed by atoms with E-state index in [9.17, 15) is 0 Å². The minimum atomic E-state index is 0.0724. The predicted octanol–water partition coefficient (Wildman–Crippen LogP) is 2.89.